The maximum Gasteiger partial charge on any atom is 0.373 e. The molecule has 0 spiro atoms. The van der Waals surface area contributed by atoms with E-state index in [0.29, 0.717) is 21.5 Å². The highest BCUT2D eigenvalue weighted by molar-refractivity contribution is 9.10. The Hall–Kier alpha value is -3.57. The van der Waals surface area contributed by atoms with Gasteiger partial charge in [-0.3, -0.25) is 14.5 Å². The molecule has 2 heterocycles. The summed E-state index contributed by atoms with van der Waals surface area (Å²) in [7, 11) is 2.71. The van der Waals surface area contributed by atoms with Crippen LogP contribution < -0.4 is 9.47 Å². The van der Waals surface area contributed by atoms with Crippen molar-refractivity contribution in [2.75, 3.05) is 14.2 Å². The fourth-order valence-electron chi connectivity index (χ4n) is 3.28. The molecule has 0 radical (unpaired) electrons. The molecule has 1 aromatic heterocycles. The molecule has 0 atom stereocenters. The first kappa shape index (κ1) is 25.5. The molecular weight excluding hydrogens is 557 g/mol. The molecule has 1 fully saturated rings. The van der Waals surface area contributed by atoms with Gasteiger partial charge in [-0.25, -0.2) is 9.18 Å². The topological polar surface area (TPSA) is 95.3 Å². The number of nitrogens with zero attached hydrogens (tertiary/aromatic N) is 1. The number of halogens is 2. The van der Waals surface area contributed by atoms with Crippen molar-refractivity contribution in [3.8, 4) is 11.5 Å². The van der Waals surface area contributed by atoms with Crippen molar-refractivity contribution in [1.82, 2.24) is 4.90 Å². The van der Waals surface area contributed by atoms with Crippen LogP contribution in [0.3, 0.4) is 0 Å². The Morgan fingerprint density at radius 1 is 1.11 bits per heavy atom. The van der Waals surface area contributed by atoms with E-state index in [1.165, 1.54) is 38.5 Å². The molecule has 8 nitrogen and oxygen atoms in total. The summed E-state index contributed by atoms with van der Waals surface area (Å²) in [4.78, 5) is 38.2. The number of amides is 2. The molecule has 0 unspecified atom stereocenters. The lowest BCUT2D eigenvalue weighted by Crippen LogP contribution is -2.27. The molecule has 1 aliphatic heterocycles. The minimum atomic E-state index is -0.654. The Bertz CT molecular complexity index is 1350. The van der Waals surface area contributed by atoms with Crippen LogP contribution in [0.4, 0.5) is 9.18 Å². The maximum absolute atomic E-state index is 13.1. The number of hydrogen-bond donors (Lipinski definition) is 0. The zero-order valence-electron chi connectivity index (χ0n) is 19.1. The van der Waals surface area contributed by atoms with Gasteiger partial charge in [-0.15, -0.1) is 0 Å². The van der Waals surface area contributed by atoms with Crippen LogP contribution in [0.5, 0.6) is 11.5 Å². The third-order valence-electron chi connectivity index (χ3n) is 5.11. The van der Waals surface area contributed by atoms with E-state index in [9.17, 15) is 18.8 Å². The number of benzene rings is 2. The van der Waals surface area contributed by atoms with Crippen molar-refractivity contribution >= 4 is 50.9 Å². The molecule has 0 saturated carbocycles. The highest BCUT2D eigenvalue weighted by atomic mass is 79.9. The highest BCUT2D eigenvalue weighted by Gasteiger charge is 2.36. The first-order valence-electron chi connectivity index (χ1n) is 10.5. The fraction of sp³-hybridized carbons (Fsp3) is 0.160. The van der Waals surface area contributed by atoms with Crippen LogP contribution in [0.1, 0.15) is 27.4 Å². The van der Waals surface area contributed by atoms with Crippen LogP contribution in [-0.2, 0) is 22.7 Å². The molecule has 36 heavy (non-hydrogen) atoms. The summed E-state index contributed by atoms with van der Waals surface area (Å²) in [6.07, 6.45) is 1.57. The normalized spacial score (nSPS) is 14.4. The fourth-order valence-corrected chi connectivity index (χ4v) is 4.55. The van der Waals surface area contributed by atoms with E-state index in [1.54, 1.807) is 30.3 Å². The van der Waals surface area contributed by atoms with Crippen LogP contribution >= 0.6 is 27.7 Å². The van der Waals surface area contributed by atoms with E-state index in [0.717, 1.165) is 22.2 Å². The number of carbonyl (C=O) groups is 3. The number of ether oxygens (including phenoxy) is 3. The molecule has 186 valence electrons. The van der Waals surface area contributed by atoms with Gasteiger partial charge in [0, 0.05) is 4.47 Å². The van der Waals surface area contributed by atoms with E-state index in [2.05, 4.69) is 20.7 Å². The molecule has 3 aromatic rings. The van der Waals surface area contributed by atoms with Crippen molar-refractivity contribution in [2.45, 2.75) is 13.2 Å². The van der Waals surface area contributed by atoms with Gasteiger partial charge in [-0.05, 0) is 65.4 Å². The van der Waals surface area contributed by atoms with Gasteiger partial charge in [-0.1, -0.05) is 28.1 Å². The number of rotatable bonds is 8. The lowest BCUT2D eigenvalue weighted by molar-refractivity contribution is -0.123. The number of carbonyl (C=O) groups excluding carboxylic acids is 3. The predicted molar refractivity (Wildman–Crippen MR) is 133 cm³/mol. The second-order valence-corrected chi connectivity index (χ2v) is 9.31. The first-order valence-corrected chi connectivity index (χ1v) is 12.1. The average Bonchev–Trinajstić information content (AvgIpc) is 3.45. The monoisotopic (exact) mass is 575 g/mol. The van der Waals surface area contributed by atoms with E-state index < -0.39 is 17.1 Å². The first-order chi connectivity index (χ1) is 17.3. The van der Waals surface area contributed by atoms with Crippen molar-refractivity contribution in [1.29, 1.82) is 0 Å². The van der Waals surface area contributed by atoms with Gasteiger partial charge in [0.15, 0.2) is 11.5 Å². The van der Waals surface area contributed by atoms with Gasteiger partial charge in [0.2, 0.25) is 5.76 Å². The molecule has 0 N–H and O–H groups in total. The predicted octanol–water partition coefficient (Wildman–Crippen LogP) is 5.79. The van der Waals surface area contributed by atoms with Gasteiger partial charge in [-0.2, -0.15) is 0 Å². The lowest BCUT2D eigenvalue weighted by atomic mass is 10.1. The average molecular weight is 576 g/mol. The molecular formula is C25H19BrFNO7S. The quantitative estimate of drug-likeness (QED) is 0.246. The van der Waals surface area contributed by atoms with Gasteiger partial charge < -0.3 is 18.6 Å². The van der Waals surface area contributed by atoms with E-state index >= 15 is 0 Å². The second kappa shape index (κ2) is 11.0. The smallest absolute Gasteiger partial charge is 0.373 e. The Balaban J connectivity index is 1.50. The molecule has 4 rings (SSSR count). The van der Waals surface area contributed by atoms with E-state index in [-0.39, 0.29) is 35.4 Å². The minimum absolute atomic E-state index is 0.0206. The number of thioether (sulfide) groups is 1. The Labute approximate surface area is 218 Å². The van der Waals surface area contributed by atoms with Crippen molar-refractivity contribution in [2.24, 2.45) is 0 Å². The van der Waals surface area contributed by atoms with Crippen LogP contribution in [0.2, 0.25) is 0 Å². The maximum atomic E-state index is 13.1. The molecule has 2 amide bonds. The SMILES string of the molecule is COC(=O)c1ccc(CN2C(=O)S/C(=C/c3cc(OC)c(OCc4ccc(F)cc4)cc3Br)C2=O)o1. The van der Waals surface area contributed by atoms with Crippen molar-refractivity contribution in [3.05, 3.63) is 86.4 Å². The van der Waals surface area contributed by atoms with Crippen molar-refractivity contribution < 1.29 is 37.4 Å². The Morgan fingerprint density at radius 2 is 1.86 bits per heavy atom. The van der Waals surface area contributed by atoms with Crippen LogP contribution in [-0.4, -0.2) is 36.2 Å². The van der Waals surface area contributed by atoms with Crippen LogP contribution in [0, 0.1) is 5.82 Å². The van der Waals surface area contributed by atoms with Gasteiger partial charge >= 0.3 is 5.97 Å². The number of imide groups is 1. The highest BCUT2D eigenvalue weighted by Crippen LogP contribution is 2.38. The van der Waals surface area contributed by atoms with E-state index in [4.69, 9.17) is 13.9 Å². The summed E-state index contributed by atoms with van der Waals surface area (Å²) in [5.74, 6) is -0.377. The largest absolute Gasteiger partial charge is 0.493 e. The van der Waals surface area contributed by atoms with Crippen LogP contribution in [0.25, 0.3) is 6.08 Å². The van der Waals surface area contributed by atoms with E-state index in [1.807, 2.05) is 0 Å². The van der Waals surface area contributed by atoms with Gasteiger partial charge in [0.05, 0.1) is 25.7 Å². The molecule has 0 aliphatic carbocycles. The Kier molecular flexibility index (Phi) is 7.80. The summed E-state index contributed by atoms with van der Waals surface area (Å²) in [5, 5.41) is -0.468. The third-order valence-corrected chi connectivity index (χ3v) is 6.71. The lowest BCUT2D eigenvalue weighted by Gasteiger charge is -2.13. The third kappa shape index (κ3) is 5.63. The second-order valence-electron chi connectivity index (χ2n) is 7.47. The summed E-state index contributed by atoms with van der Waals surface area (Å²) < 4.78 is 35.0. The number of methoxy groups -OCH3 is 2. The standard InChI is InChI=1S/C25H19BrFNO7S/c1-32-20-9-15(18(26)11-21(20)34-13-14-3-5-16(27)6-4-14)10-22-23(29)28(25(31)36-22)12-17-7-8-19(35-17)24(30)33-2/h3-11H,12-13H2,1-2H3/b22-10+. The number of furan rings is 1. The molecule has 0 bridgehead atoms. The number of esters is 1. The summed E-state index contributed by atoms with van der Waals surface area (Å²) in [6, 6.07) is 12.2. The zero-order valence-corrected chi connectivity index (χ0v) is 21.5. The summed E-state index contributed by atoms with van der Waals surface area (Å²) in [5.41, 5.74) is 1.38. The zero-order chi connectivity index (χ0) is 25.8. The molecule has 11 heteroatoms. The van der Waals surface area contributed by atoms with Gasteiger partial charge in [0.25, 0.3) is 11.1 Å². The Morgan fingerprint density at radius 3 is 2.56 bits per heavy atom. The summed E-state index contributed by atoms with van der Waals surface area (Å²) >= 11 is 4.26. The molecule has 2 aromatic carbocycles. The van der Waals surface area contributed by atoms with Crippen LogP contribution in [0.15, 0.2) is 62.3 Å². The summed E-state index contributed by atoms with van der Waals surface area (Å²) in [6.45, 7) is 0.0748. The number of hydrogen-bond acceptors (Lipinski definition) is 8. The minimum Gasteiger partial charge on any atom is -0.493 e. The molecule has 1 saturated heterocycles. The van der Waals surface area contributed by atoms with Gasteiger partial charge in [0.1, 0.15) is 18.2 Å². The molecule has 1 aliphatic rings. The van der Waals surface area contributed by atoms with Crippen molar-refractivity contribution in [3.63, 3.8) is 0 Å².